The van der Waals surface area contributed by atoms with Gasteiger partial charge in [-0.3, -0.25) is 9.59 Å². The quantitative estimate of drug-likeness (QED) is 0.757. The van der Waals surface area contributed by atoms with Crippen LogP contribution in [0, 0.1) is 6.92 Å². The number of benzene rings is 2. The Kier molecular flexibility index (Phi) is 3.69. The van der Waals surface area contributed by atoms with Gasteiger partial charge in [0.2, 0.25) is 5.43 Å². The number of pyridine rings is 1. The third kappa shape index (κ3) is 2.61. The Bertz CT molecular complexity index is 931. The van der Waals surface area contributed by atoms with Gasteiger partial charge in [-0.05, 0) is 36.8 Å². The van der Waals surface area contributed by atoms with Crippen molar-refractivity contribution in [2.75, 3.05) is 5.32 Å². The van der Waals surface area contributed by atoms with Gasteiger partial charge in [-0.25, -0.2) is 0 Å². The lowest BCUT2D eigenvalue weighted by atomic mass is 10.1. The molecule has 0 aliphatic carbocycles. The van der Waals surface area contributed by atoms with Gasteiger partial charge in [0.15, 0.2) is 0 Å². The molecule has 1 aromatic heterocycles. The molecule has 0 saturated heterocycles. The van der Waals surface area contributed by atoms with Gasteiger partial charge in [0.25, 0.3) is 5.91 Å². The van der Waals surface area contributed by atoms with E-state index in [1.165, 1.54) is 6.20 Å². The second-order valence-electron chi connectivity index (χ2n) is 5.02. The van der Waals surface area contributed by atoms with Crippen LogP contribution in [0.5, 0.6) is 0 Å². The molecule has 1 heterocycles. The van der Waals surface area contributed by atoms with Crippen molar-refractivity contribution in [2.24, 2.45) is 0 Å². The first-order valence-electron chi connectivity index (χ1n) is 6.74. The number of hydrogen-bond acceptors (Lipinski definition) is 2. The number of halogens is 1. The highest BCUT2D eigenvalue weighted by atomic mass is 35.5. The fraction of sp³-hybridized carbons (Fsp3) is 0.0588. The highest BCUT2D eigenvalue weighted by molar-refractivity contribution is 6.35. The predicted octanol–water partition coefficient (Wildman–Crippen LogP) is 3.74. The molecule has 0 saturated carbocycles. The minimum absolute atomic E-state index is 0.0521. The lowest BCUT2D eigenvalue weighted by Crippen LogP contribution is -2.22. The zero-order chi connectivity index (χ0) is 15.7. The fourth-order valence-electron chi connectivity index (χ4n) is 2.30. The van der Waals surface area contributed by atoms with Gasteiger partial charge in [0.1, 0.15) is 5.56 Å². The van der Waals surface area contributed by atoms with E-state index in [1.807, 2.05) is 25.1 Å². The Morgan fingerprint density at radius 2 is 1.95 bits per heavy atom. The summed E-state index contributed by atoms with van der Waals surface area (Å²) >= 11 is 6.04. The van der Waals surface area contributed by atoms with Crippen LogP contribution in [-0.2, 0) is 0 Å². The average molecular weight is 313 g/mol. The molecule has 110 valence electrons. The summed E-state index contributed by atoms with van der Waals surface area (Å²) in [6.45, 7) is 1.93. The number of aromatic amines is 1. The number of carbonyl (C=O) groups is 1. The summed E-state index contributed by atoms with van der Waals surface area (Å²) in [6, 6.07) is 12.4. The second-order valence-corrected chi connectivity index (χ2v) is 5.42. The Morgan fingerprint density at radius 3 is 2.73 bits per heavy atom. The molecular weight excluding hydrogens is 300 g/mol. The monoisotopic (exact) mass is 312 g/mol. The number of para-hydroxylation sites is 1. The summed E-state index contributed by atoms with van der Waals surface area (Å²) in [5, 5.41) is 3.56. The van der Waals surface area contributed by atoms with Gasteiger partial charge in [0, 0.05) is 17.3 Å². The van der Waals surface area contributed by atoms with Crippen molar-refractivity contribution in [3.05, 3.63) is 75.0 Å². The Morgan fingerprint density at radius 1 is 1.18 bits per heavy atom. The average Bonchev–Trinajstić information content (AvgIpc) is 2.48. The van der Waals surface area contributed by atoms with Crippen LogP contribution in [0.15, 0.2) is 53.5 Å². The molecule has 4 nitrogen and oxygen atoms in total. The largest absolute Gasteiger partial charge is 0.359 e. The van der Waals surface area contributed by atoms with E-state index in [2.05, 4.69) is 10.3 Å². The molecular formula is C17H13ClN2O2. The SMILES string of the molecule is Cc1cccc(NC(=O)c2c[nH]c3c(Cl)cccc3c2=O)c1. The summed E-state index contributed by atoms with van der Waals surface area (Å²) in [6.07, 6.45) is 1.39. The third-order valence-electron chi connectivity index (χ3n) is 3.38. The van der Waals surface area contributed by atoms with Gasteiger partial charge in [-0.1, -0.05) is 29.8 Å². The number of amides is 1. The topological polar surface area (TPSA) is 62.0 Å². The molecule has 0 aliphatic rings. The van der Waals surface area contributed by atoms with Gasteiger partial charge < -0.3 is 10.3 Å². The first-order valence-corrected chi connectivity index (χ1v) is 7.12. The summed E-state index contributed by atoms with van der Waals surface area (Å²) in [4.78, 5) is 27.7. The first-order chi connectivity index (χ1) is 10.6. The maximum atomic E-state index is 12.4. The number of nitrogens with one attached hydrogen (secondary N) is 2. The number of H-pyrrole nitrogens is 1. The molecule has 2 N–H and O–H groups in total. The Balaban J connectivity index is 2.01. The molecule has 2 aromatic carbocycles. The molecule has 22 heavy (non-hydrogen) atoms. The minimum atomic E-state index is -0.450. The van der Waals surface area contributed by atoms with Crippen LogP contribution in [-0.4, -0.2) is 10.9 Å². The van der Waals surface area contributed by atoms with Crippen molar-refractivity contribution >= 4 is 34.1 Å². The summed E-state index contributed by atoms with van der Waals surface area (Å²) in [7, 11) is 0. The smallest absolute Gasteiger partial charge is 0.261 e. The van der Waals surface area contributed by atoms with Crippen LogP contribution in [0.25, 0.3) is 10.9 Å². The summed E-state index contributed by atoms with van der Waals surface area (Å²) < 4.78 is 0. The molecule has 0 unspecified atom stereocenters. The molecule has 0 atom stereocenters. The van der Waals surface area contributed by atoms with Crippen LogP contribution in [0.2, 0.25) is 5.02 Å². The van der Waals surface area contributed by atoms with Crippen molar-refractivity contribution < 1.29 is 4.79 Å². The number of rotatable bonds is 2. The molecule has 0 aliphatic heterocycles. The van der Waals surface area contributed by atoms with Gasteiger partial charge in [0.05, 0.1) is 10.5 Å². The molecule has 0 fully saturated rings. The van der Waals surface area contributed by atoms with Crippen molar-refractivity contribution in [3.63, 3.8) is 0 Å². The Labute approximate surface area is 131 Å². The first kappa shape index (κ1) is 14.4. The van der Waals surface area contributed by atoms with Gasteiger partial charge in [-0.2, -0.15) is 0 Å². The van der Waals surface area contributed by atoms with Crippen LogP contribution < -0.4 is 10.7 Å². The van der Waals surface area contributed by atoms with Crippen molar-refractivity contribution in [3.8, 4) is 0 Å². The molecule has 5 heteroatoms. The summed E-state index contributed by atoms with van der Waals surface area (Å²) in [5.41, 5.74) is 1.91. The lowest BCUT2D eigenvalue weighted by molar-refractivity contribution is 0.102. The highest BCUT2D eigenvalue weighted by Crippen LogP contribution is 2.19. The second kappa shape index (κ2) is 5.66. The van der Waals surface area contributed by atoms with E-state index < -0.39 is 5.91 Å². The molecule has 1 amide bonds. The number of fused-ring (bicyclic) bond motifs is 1. The normalized spacial score (nSPS) is 10.6. The third-order valence-corrected chi connectivity index (χ3v) is 3.70. The van der Waals surface area contributed by atoms with Crippen LogP contribution >= 0.6 is 11.6 Å². The van der Waals surface area contributed by atoms with Crippen molar-refractivity contribution in [1.29, 1.82) is 0 Å². The van der Waals surface area contributed by atoms with E-state index in [1.54, 1.807) is 24.3 Å². The number of aromatic nitrogens is 1. The maximum absolute atomic E-state index is 12.4. The number of carbonyl (C=O) groups excluding carboxylic acids is 1. The van der Waals surface area contributed by atoms with Crippen molar-refractivity contribution in [2.45, 2.75) is 6.92 Å². The number of anilines is 1. The maximum Gasteiger partial charge on any atom is 0.261 e. The number of hydrogen-bond donors (Lipinski definition) is 2. The zero-order valence-corrected chi connectivity index (χ0v) is 12.6. The molecule has 0 bridgehead atoms. The van der Waals surface area contributed by atoms with Crippen LogP contribution in [0.4, 0.5) is 5.69 Å². The fourth-order valence-corrected chi connectivity index (χ4v) is 2.53. The Hall–Kier alpha value is -2.59. The van der Waals surface area contributed by atoms with Crippen LogP contribution in [0.3, 0.4) is 0 Å². The lowest BCUT2D eigenvalue weighted by Gasteiger charge is -2.07. The van der Waals surface area contributed by atoms with E-state index >= 15 is 0 Å². The highest BCUT2D eigenvalue weighted by Gasteiger charge is 2.14. The standard InChI is InChI=1S/C17H13ClN2O2/c1-10-4-2-5-11(8-10)20-17(22)13-9-19-15-12(16(13)21)6-3-7-14(15)18/h2-9H,1H3,(H,19,21)(H,20,22). The van der Waals surface area contributed by atoms with Gasteiger partial charge >= 0.3 is 0 Å². The van der Waals surface area contributed by atoms with E-state index in [9.17, 15) is 9.59 Å². The summed E-state index contributed by atoms with van der Waals surface area (Å²) in [5.74, 6) is -0.450. The predicted molar refractivity (Wildman–Crippen MR) is 88.7 cm³/mol. The molecule has 0 radical (unpaired) electrons. The van der Waals surface area contributed by atoms with E-state index in [0.29, 0.717) is 21.6 Å². The van der Waals surface area contributed by atoms with Gasteiger partial charge in [-0.15, -0.1) is 0 Å². The van der Waals surface area contributed by atoms with Crippen LogP contribution in [0.1, 0.15) is 15.9 Å². The zero-order valence-electron chi connectivity index (χ0n) is 11.8. The molecule has 0 spiro atoms. The molecule has 3 rings (SSSR count). The molecule has 3 aromatic rings. The minimum Gasteiger partial charge on any atom is -0.359 e. The van der Waals surface area contributed by atoms with E-state index in [4.69, 9.17) is 11.6 Å². The van der Waals surface area contributed by atoms with Crippen molar-refractivity contribution in [1.82, 2.24) is 4.98 Å². The van der Waals surface area contributed by atoms with E-state index in [-0.39, 0.29) is 11.0 Å². The number of aryl methyl sites for hydroxylation is 1. The van der Waals surface area contributed by atoms with E-state index in [0.717, 1.165) is 5.56 Å².